The van der Waals surface area contributed by atoms with Crippen molar-refractivity contribution in [2.24, 2.45) is 10.2 Å². The Morgan fingerprint density at radius 3 is 2.41 bits per heavy atom. The van der Waals surface area contributed by atoms with Gasteiger partial charge in [-0.15, -0.1) is 10.2 Å². The summed E-state index contributed by atoms with van der Waals surface area (Å²) < 4.78 is 1.50. The number of azo groups is 1. The molecule has 3 aromatic carbocycles. The van der Waals surface area contributed by atoms with E-state index in [9.17, 15) is 30.1 Å². The second kappa shape index (κ2) is 8.90. The molecule has 11 heteroatoms. The molecule has 11 nitrogen and oxygen atoms in total. The summed E-state index contributed by atoms with van der Waals surface area (Å²) in [4.78, 5) is 33.8. The van der Waals surface area contributed by atoms with E-state index < -0.39 is 15.8 Å². The third-order valence-corrected chi connectivity index (χ3v) is 5.28. The highest BCUT2D eigenvalue weighted by atomic mass is 16.6. The number of rotatable bonds is 6. The molecule has 0 atom stereocenters. The zero-order valence-electron chi connectivity index (χ0n) is 17.8. The molecule has 170 valence electrons. The van der Waals surface area contributed by atoms with E-state index in [0.29, 0.717) is 11.1 Å². The van der Waals surface area contributed by atoms with Crippen LogP contribution in [0.3, 0.4) is 0 Å². The third-order valence-electron chi connectivity index (χ3n) is 5.28. The third kappa shape index (κ3) is 4.21. The first-order valence-corrected chi connectivity index (χ1v) is 10.0. The number of aromatic nitrogens is 1. The first kappa shape index (κ1) is 22.3. The van der Waals surface area contributed by atoms with E-state index in [-0.39, 0.29) is 40.4 Å². The molecule has 0 spiro atoms. The minimum Gasteiger partial charge on any atom is -0.493 e. The summed E-state index contributed by atoms with van der Waals surface area (Å²) in [6, 6.07) is 17.2. The van der Waals surface area contributed by atoms with Crippen molar-refractivity contribution in [2.75, 3.05) is 0 Å². The summed E-state index contributed by atoms with van der Waals surface area (Å²) in [5.41, 5.74) is 1.07. The molecule has 0 saturated carbocycles. The van der Waals surface area contributed by atoms with Crippen molar-refractivity contribution in [3.63, 3.8) is 0 Å². The molecule has 0 saturated heterocycles. The van der Waals surface area contributed by atoms with Gasteiger partial charge in [-0.05, 0) is 24.6 Å². The first-order chi connectivity index (χ1) is 16.3. The van der Waals surface area contributed by atoms with Gasteiger partial charge in [-0.1, -0.05) is 36.4 Å². The number of hydrogen-bond acceptors (Lipinski definition) is 7. The lowest BCUT2D eigenvalue weighted by Gasteiger charge is -2.07. The molecule has 1 heterocycles. The van der Waals surface area contributed by atoms with Crippen LogP contribution < -0.4 is 0 Å². The molecular formula is C23H17N5O6. The first-order valence-electron chi connectivity index (χ1n) is 10.0. The molecule has 0 unspecified atom stereocenters. The zero-order valence-corrected chi connectivity index (χ0v) is 17.8. The van der Waals surface area contributed by atoms with Crippen LogP contribution in [0.25, 0.3) is 10.9 Å². The van der Waals surface area contributed by atoms with Crippen LogP contribution in [0, 0.1) is 27.2 Å². The van der Waals surface area contributed by atoms with Gasteiger partial charge in [0, 0.05) is 29.1 Å². The number of amides is 1. The number of nitro benzene ring substituents is 2. The van der Waals surface area contributed by atoms with Crippen LogP contribution in [0.15, 0.2) is 77.0 Å². The van der Waals surface area contributed by atoms with Gasteiger partial charge in [0.25, 0.3) is 17.3 Å². The largest absolute Gasteiger partial charge is 0.493 e. The van der Waals surface area contributed by atoms with E-state index in [0.717, 1.165) is 11.6 Å². The van der Waals surface area contributed by atoms with Crippen LogP contribution in [-0.4, -0.2) is 25.4 Å². The second-order valence-electron chi connectivity index (χ2n) is 7.47. The smallest absolute Gasteiger partial charge is 0.295 e. The standard InChI is InChI=1S/C23H17N5O6/c1-14-7-8-16(11-20(14)28(33)34)22(29)25-24-21-18-12-17(27(31)32)9-10-19(18)26(23(21)30)13-15-5-3-2-4-6-15/h2-12,30H,13H2,1H3. The van der Waals surface area contributed by atoms with Crippen LogP contribution in [-0.2, 0) is 6.54 Å². The van der Waals surface area contributed by atoms with Gasteiger partial charge < -0.3 is 9.67 Å². The molecule has 4 rings (SSSR count). The summed E-state index contributed by atoms with van der Waals surface area (Å²) in [6.45, 7) is 1.79. The minimum absolute atomic E-state index is 0.0560. The fourth-order valence-electron chi connectivity index (χ4n) is 3.54. The van der Waals surface area contributed by atoms with Gasteiger partial charge in [0.15, 0.2) is 5.69 Å². The van der Waals surface area contributed by atoms with E-state index in [2.05, 4.69) is 10.2 Å². The van der Waals surface area contributed by atoms with Crippen molar-refractivity contribution < 1.29 is 19.7 Å². The van der Waals surface area contributed by atoms with Crippen molar-refractivity contribution in [3.05, 3.63) is 104 Å². The van der Waals surface area contributed by atoms with Gasteiger partial charge in [0.1, 0.15) is 0 Å². The molecule has 0 fully saturated rings. The number of nitro groups is 2. The number of carbonyl (C=O) groups excluding carboxylic acids is 1. The monoisotopic (exact) mass is 459 g/mol. The number of aryl methyl sites for hydroxylation is 1. The molecule has 0 aliphatic carbocycles. The number of fused-ring (bicyclic) bond motifs is 1. The molecule has 0 aliphatic rings. The molecule has 1 N–H and O–H groups in total. The predicted molar refractivity (Wildman–Crippen MR) is 122 cm³/mol. The van der Waals surface area contributed by atoms with E-state index in [4.69, 9.17) is 0 Å². The summed E-state index contributed by atoms with van der Waals surface area (Å²) in [7, 11) is 0. The van der Waals surface area contributed by atoms with E-state index in [1.54, 1.807) is 6.92 Å². The maximum absolute atomic E-state index is 12.5. The lowest BCUT2D eigenvalue weighted by Crippen LogP contribution is -1.99. The van der Waals surface area contributed by atoms with E-state index >= 15 is 0 Å². The molecule has 0 radical (unpaired) electrons. The van der Waals surface area contributed by atoms with Crippen LogP contribution >= 0.6 is 0 Å². The molecular weight excluding hydrogens is 442 g/mol. The minimum atomic E-state index is -0.864. The average molecular weight is 459 g/mol. The molecule has 34 heavy (non-hydrogen) atoms. The Kier molecular flexibility index (Phi) is 5.83. The maximum atomic E-state index is 12.5. The fraction of sp³-hybridized carbons (Fsp3) is 0.0870. The molecule has 0 bridgehead atoms. The lowest BCUT2D eigenvalue weighted by molar-refractivity contribution is -0.385. The van der Waals surface area contributed by atoms with Crippen LogP contribution in [0.5, 0.6) is 5.88 Å². The second-order valence-corrected chi connectivity index (χ2v) is 7.47. The number of non-ortho nitro benzene ring substituents is 1. The molecule has 1 amide bonds. The molecule has 4 aromatic rings. The normalized spacial score (nSPS) is 11.2. The molecule has 0 aliphatic heterocycles. The number of benzene rings is 3. The van der Waals surface area contributed by atoms with Gasteiger partial charge in [-0.2, -0.15) is 0 Å². The summed E-state index contributed by atoms with van der Waals surface area (Å²) in [6.07, 6.45) is 0. The Hall–Kier alpha value is -4.93. The van der Waals surface area contributed by atoms with Gasteiger partial charge in [-0.25, -0.2) is 0 Å². The number of aromatic hydroxyl groups is 1. The van der Waals surface area contributed by atoms with Crippen molar-refractivity contribution in [1.82, 2.24) is 4.57 Å². The quantitative estimate of drug-likeness (QED) is 0.230. The average Bonchev–Trinajstić information content (AvgIpc) is 3.08. The number of carbonyl (C=O) groups is 1. The zero-order chi connectivity index (χ0) is 24.4. The Balaban J connectivity index is 1.79. The summed E-state index contributed by atoms with van der Waals surface area (Å²) in [5, 5.41) is 41.0. The van der Waals surface area contributed by atoms with Crippen LogP contribution in [0.4, 0.5) is 17.1 Å². The highest BCUT2D eigenvalue weighted by Gasteiger charge is 2.21. The number of hydrogen-bond donors (Lipinski definition) is 1. The molecule has 1 aromatic heterocycles. The summed E-state index contributed by atoms with van der Waals surface area (Å²) >= 11 is 0. The van der Waals surface area contributed by atoms with Crippen molar-refractivity contribution in [1.29, 1.82) is 0 Å². The lowest BCUT2D eigenvalue weighted by atomic mass is 10.1. The Labute approximate surface area is 191 Å². The predicted octanol–water partition coefficient (Wildman–Crippen LogP) is 5.44. The Morgan fingerprint density at radius 1 is 1.00 bits per heavy atom. The maximum Gasteiger partial charge on any atom is 0.295 e. The van der Waals surface area contributed by atoms with Gasteiger partial charge in [-0.3, -0.25) is 25.0 Å². The highest BCUT2D eigenvalue weighted by molar-refractivity contribution is 5.98. The van der Waals surface area contributed by atoms with Crippen LogP contribution in [0.1, 0.15) is 21.5 Å². The van der Waals surface area contributed by atoms with Crippen molar-refractivity contribution in [3.8, 4) is 5.88 Å². The Bertz CT molecular complexity index is 1480. The SMILES string of the molecule is Cc1ccc(C(=O)N=Nc2c(O)n(Cc3ccccc3)c3ccc([N+](=O)[O-])cc23)cc1[N+](=O)[O-]. The highest BCUT2D eigenvalue weighted by Crippen LogP contribution is 2.41. The van der Waals surface area contributed by atoms with Crippen molar-refractivity contribution in [2.45, 2.75) is 13.5 Å². The van der Waals surface area contributed by atoms with Gasteiger partial charge in [0.05, 0.1) is 27.5 Å². The van der Waals surface area contributed by atoms with E-state index in [1.807, 2.05) is 30.3 Å². The van der Waals surface area contributed by atoms with Crippen LogP contribution in [0.2, 0.25) is 0 Å². The topological polar surface area (TPSA) is 153 Å². The fourth-order valence-corrected chi connectivity index (χ4v) is 3.54. The van der Waals surface area contributed by atoms with Gasteiger partial charge >= 0.3 is 0 Å². The van der Waals surface area contributed by atoms with Crippen molar-refractivity contribution >= 4 is 33.9 Å². The Morgan fingerprint density at radius 2 is 1.74 bits per heavy atom. The van der Waals surface area contributed by atoms with Gasteiger partial charge in [0.2, 0.25) is 5.88 Å². The number of nitrogens with zero attached hydrogens (tertiary/aromatic N) is 5. The van der Waals surface area contributed by atoms with E-state index in [1.165, 1.54) is 34.9 Å². The summed E-state index contributed by atoms with van der Waals surface area (Å²) in [5.74, 6) is -1.19.